The SMILES string of the molecule is CN(C(=O)[C@@H]1C[C@]2(C)O[C@@]1(C)c1c2c(O)n(-c2ccc(C#N)c(C(F)(F)F)c2)c1O)c1ccccc1. The number of benzene rings is 2. The fourth-order valence-corrected chi connectivity index (χ4v) is 5.65. The van der Waals surface area contributed by atoms with Crippen molar-refractivity contribution in [2.45, 2.75) is 37.6 Å². The predicted octanol–water partition coefficient (Wildman–Crippen LogP) is 4.92. The first kappa shape index (κ1) is 23.8. The van der Waals surface area contributed by atoms with Crippen molar-refractivity contribution in [3.05, 3.63) is 70.8 Å². The van der Waals surface area contributed by atoms with Crippen molar-refractivity contribution in [2.75, 3.05) is 11.9 Å². The molecule has 1 aromatic heterocycles. The van der Waals surface area contributed by atoms with Crippen molar-refractivity contribution in [2.24, 2.45) is 5.92 Å². The van der Waals surface area contributed by atoms with Gasteiger partial charge in [0, 0.05) is 12.7 Å². The van der Waals surface area contributed by atoms with E-state index in [4.69, 9.17) is 10.00 Å². The van der Waals surface area contributed by atoms with Crippen LogP contribution < -0.4 is 4.90 Å². The molecule has 186 valence electrons. The van der Waals surface area contributed by atoms with Gasteiger partial charge in [-0.15, -0.1) is 0 Å². The third-order valence-electron chi connectivity index (χ3n) is 7.30. The Kier molecular flexibility index (Phi) is 4.96. The van der Waals surface area contributed by atoms with Crippen LogP contribution in [0.4, 0.5) is 18.9 Å². The number of aromatic nitrogens is 1. The standard InChI is InChI=1S/C26H22F3N3O4/c1-24-12-18(21(33)31(3)15-7-5-4-6-8-15)25(2,36-24)20-19(24)22(34)32(23(20)35)16-10-9-14(13-30)17(11-16)26(27,28)29/h4-11,18,34-35H,12H2,1-3H3/t18-,24-,25+/m0/s1. The number of ether oxygens (including phenoxy) is 1. The number of nitriles is 1. The van der Waals surface area contributed by atoms with Gasteiger partial charge >= 0.3 is 6.18 Å². The number of rotatable bonds is 3. The molecule has 3 aromatic rings. The lowest BCUT2D eigenvalue weighted by atomic mass is 9.72. The third-order valence-corrected chi connectivity index (χ3v) is 7.30. The molecule has 3 heterocycles. The van der Waals surface area contributed by atoms with Gasteiger partial charge in [-0.25, -0.2) is 0 Å². The van der Waals surface area contributed by atoms with Gasteiger partial charge in [0.15, 0.2) is 0 Å². The molecule has 0 radical (unpaired) electrons. The van der Waals surface area contributed by atoms with Gasteiger partial charge in [-0.3, -0.25) is 9.36 Å². The number of hydrogen-bond acceptors (Lipinski definition) is 5. The molecular formula is C26H22F3N3O4. The van der Waals surface area contributed by atoms with Gasteiger partial charge in [0.05, 0.1) is 45.5 Å². The summed E-state index contributed by atoms with van der Waals surface area (Å²) < 4.78 is 47.8. The smallest absolute Gasteiger partial charge is 0.417 e. The average Bonchev–Trinajstić information content (AvgIpc) is 3.38. The summed E-state index contributed by atoms with van der Waals surface area (Å²) in [5.41, 5.74) is -3.39. The number of anilines is 1. The van der Waals surface area contributed by atoms with E-state index in [-0.39, 0.29) is 29.1 Å². The van der Waals surface area contributed by atoms with Crippen molar-refractivity contribution < 1.29 is 32.9 Å². The van der Waals surface area contributed by atoms with Gasteiger partial charge in [-0.1, -0.05) is 18.2 Å². The van der Waals surface area contributed by atoms with Crippen molar-refractivity contribution in [3.63, 3.8) is 0 Å². The minimum atomic E-state index is -4.82. The largest absolute Gasteiger partial charge is 0.494 e. The van der Waals surface area contributed by atoms with Crippen molar-refractivity contribution >= 4 is 11.6 Å². The van der Waals surface area contributed by atoms with Gasteiger partial charge in [-0.05, 0) is 50.6 Å². The van der Waals surface area contributed by atoms with Gasteiger partial charge in [0.1, 0.15) is 5.60 Å². The molecule has 10 heteroatoms. The molecule has 2 aliphatic heterocycles. The molecule has 7 nitrogen and oxygen atoms in total. The maximum absolute atomic E-state index is 13.6. The first-order valence-corrected chi connectivity index (χ1v) is 11.2. The summed E-state index contributed by atoms with van der Waals surface area (Å²) in [5.74, 6) is -1.99. The number of nitrogens with zero attached hydrogens (tertiary/aromatic N) is 3. The quantitative estimate of drug-likeness (QED) is 0.535. The van der Waals surface area contributed by atoms with E-state index < -0.39 is 46.2 Å². The van der Waals surface area contributed by atoms with Crippen LogP contribution in [0.5, 0.6) is 11.8 Å². The van der Waals surface area contributed by atoms with Crippen molar-refractivity contribution in [1.82, 2.24) is 4.57 Å². The minimum Gasteiger partial charge on any atom is -0.494 e. The lowest BCUT2D eigenvalue weighted by Crippen LogP contribution is -2.42. The van der Waals surface area contributed by atoms with Gasteiger partial charge in [0.25, 0.3) is 0 Å². The lowest BCUT2D eigenvalue weighted by molar-refractivity contribution is -0.137. The molecule has 36 heavy (non-hydrogen) atoms. The summed E-state index contributed by atoms with van der Waals surface area (Å²) in [5, 5.41) is 31.4. The van der Waals surface area contributed by atoms with Crippen LogP contribution >= 0.6 is 0 Å². The second kappa shape index (κ2) is 7.51. The van der Waals surface area contributed by atoms with Crippen LogP contribution in [-0.2, 0) is 26.9 Å². The normalized spacial score (nSPS) is 24.4. The Morgan fingerprint density at radius 2 is 1.78 bits per heavy atom. The summed E-state index contributed by atoms with van der Waals surface area (Å²) >= 11 is 0. The molecule has 0 spiro atoms. The number of fused-ring (bicyclic) bond motifs is 5. The van der Waals surface area contributed by atoms with Crippen LogP contribution in [-0.4, -0.2) is 27.7 Å². The Morgan fingerprint density at radius 3 is 2.39 bits per heavy atom. The molecule has 3 atom stereocenters. The second-order valence-electron chi connectivity index (χ2n) is 9.50. The zero-order valence-corrected chi connectivity index (χ0v) is 19.6. The van der Waals surface area contributed by atoms with Gasteiger partial charge in [0.2, 0.25) is 17.7 Å². The highest BCUT2D eigenvalue weighted by atomic mass is 19.4. The molecule has 2 aliphatic rings. The summed E-state index contributed by atoms with van der Waals surface area (Å²) in [7, 11) is 1.63. The van der Waals surface area contributed by atoms with E-state index in [9.17, 15) is 28.2 Å². The molecule has 1 amide bonds. The van der Waals surface area contributed by atoms with E-state index in [1.165, 1.54) is 17.0 Å². The van der Waals surface area contributed by atoms with E-state index in [2.05, 4.69) is 0 Å². The van der Waals surface area contributed by atoms with E-state index in [0.717, 1.165) is 10.6 Å². The molecule has 1 saturated heterocycles. The maximum atomic E-state index is 13.6. The van der Waals surface area contributed by atoms with Crippen molar-refractivity contribution in [1.29, 1.82) is 5.26 Å². The van der Waals surface area contributed by atoms with E-state index >= 15 is 0 Å². The fourth-order valence-electron chi connectivity index (χ4n) is 5.65. The molecule has 2 N–H and O–H groups in total. The highest BCUT2D eigenvalue weighted by molar-refractivity contribution is 5.96. The number of para-hydroxylation sites is 1. The number of halogens is 3. The number of carbonyl (C=O) groups excluding carboxylic acids is 1. The van der Waals surface area contributed by atoms with Gasteiger partial charge in [-0.2, -0.15) is 18.4 Å². The number of alkyl halides is 3. The molecule has 5 rings (SSSR count). The minimum absolute atomic E-state index is 0.159. The molecule has 2 aromatic carbocycles. The Morgan fingerprint density at radius 1 is 1.14 bits per heavy atom. The van der Waals surface area contributed by atoms with Gasteiger partial charge < -0.3 is 19.8 Å². The monoisotopic (exact) mass is 497 g/mol. The number of carbonyl (C=O) groups is 1. The number of hydrogen-bond donors (Lipinski definition) is 2. The molecule has 0 saturated carbocycles. The van der Waals surface area contributed by atoms with E-state index in [1.54, 1.807) is 45.2 Å². The Bertz CT molecular complexity index is 1440. The maximum Gasteiger partial charge on any atom is 0.417 e. The van der Waals surface area contributed by atoms with Crippen LogP contribution in [0.1, 0.15) is 42.5 Å². The van der Waals surface area contributed by atoms with Crippen LogP contribution in [0.2, 0.25) is 0 Å². The highest BCUT2D eigenvalue weighted by Crippen LogP contribution is 2.66. The Hall–Kier alpha value is -3.97. The van der Waals surface area contributed by atoms with E-state index in [0.29, 0.717) is 11.8 Å². The number of amides is 1. The molecule has 0 aliphatic carbocycles. The Labute approximate surface area is 204 Å². The topological polar surface area (TPSA) is 98.7 Å². The van der Waals surface area contributed by atoms with Crippen LogP contribution in [0, 0.1) is 17.2 Å². The zero-order chi connectivity index (χ0) is 26.2. The summed E-state index contributed by atoms with van der Waals surface area (Å²) in [6, 6.07) is 13.4. The number of aromatic hydroxyl groups is 2. The summed E-state index contributed by atoms with van der Waals surface area (Å²) in [4.78, 5) is 15.0. The average molecular weight is 497 g/mol. The van der Waals surface area contributed by atoms with Crippen LogP contribution in [0.25, 0.3) is 5.69 Å². The van der Waals surface area contributed by atoms with Crippen molar-refractivity contribution in [3.8, 4) is 23.5 Å². The van der Waals surface area contributed by atoms with Crippen LogP contribution in [0.3, 0.4) is 0 Å². The first-order chi connectivity index (χ1) is 16.8. The second-order valence-corrected chi connectivity index (χ2v) is 9.50. The third kappa shape index (κ3) is 3.12. The first-order valence-electron chi connectivity index (χ1n) is 11.2. The highest BCUT2D eigenvalue weighted by Gasteiger charge is 2.66. The predicted molar refractivity (Wildman–Crippen MR) is 123 cm³/mol. The molecule has 1 fully saturated rings. The zero-order valence-electron chi connectivity index (χ0n) is 19.6. The lowest BCUT2D eigenvalue weighted by Gasteiger charge is -2.32. The summed E-state index contributed by atoms with van der Waals surface area (Å²) in [6.45, 7) is 3.31. The fraction of sp³-hybridized carbons (Fsp3) is 0.308. The van der Waals surface area contributed by atoms with E-state index in [1.807, 2.05) is 6.07 Å². The molecule has 2 bridgehead atoms. The van der Waals surface area contributed by atoms with Crippen LogP contribution in [0.15, 0.2) is 48.5 Å². The molecule has 0 unspecified atom stereocenters. The molecular weight excluding hydrogens is 475 g/mol. The summed E-state index contributed by atoms with van der Waals surface area (Å²) in [6.07, 6.45) is -4.62. The Balaban J connectivity index is 1.63.